The van der Waals surface area contributed by atoms with Crippen LogP contribution >= 0.6 is 11.8 Å². The molecule has 0 unspecified atom stereocenters. The number of carbonyl (C=O) groups is 1. The minimum atomic E-state index is -2.97. The number of piperazine rings is 1. The molecule has 0 atom stereocenters. The summed E-state index contributed by atoms with van der Waals surface area (Å²) in [6.45, 7) is 7.18. The molecule has 2 heterocycles. The van der Waals surface area contributed by atoms with Gasteiger partial charge < -0.3 is 4.90 Å². The van der Waals surface area contributed by atoms with Gasteiger partial charge in [0.2, 0.25) is 0 Å². The summed E-state index contributed by atoms with van der Waals surface area (Å²) in [6.07, 6.45) is 2.97. The van der Waals surface area contributed by atoms with Gasteiger partial charge in [-0.25, -0.2) is 13.4 Å². The fraction of sp³-hybridized carbons (Fsp3) is 0.429. The Morgan fingerprint density at radius 1 is 1.14 bits per heavy atom. The van der Waals surface area contributed by atoms with E-state index >= 15 is 0 Å². The summed E-state index contributed by atoms with van der Waals surface area (Å²) in [5.74, 6) is 0.133. The van der Waals surface area contributed by atoms with Gasteiger partial charge in [-0.2, -0.15) is 0 Å². The number of aromatic nitrogens is 1. The summed E-state index contributed by atoms with van der Waals surface area (Å²) in [6, 6.07) is 9.88. The summed E-state index contributed by atoms with van der Waals surface area (Å²) in [5, 5.41) is 0.712. The number of rotatable bonds is 6. The van der Waals surface area contributed by atoms with E-state index in [1.807, 2.05) is 11.0 Å². The molecule has 1 fully saturated rings. The lowest BCUT2D eigenvalue weighted by Gasteiger charge is -2.34. The van der Waals surface area contributed by atoms with Crippen molar-refractivity contribution in [2.24, 2.45) is 0 Å². The van der Waals surface area contributed by atoms with Crippen LogP contribution < -0.4 is 0 Å². The second-order valence-electron chi connectivity index (χ2n) is 7.49. The molecule has 0 saturated carbocycles. The number of amides is 1. The fourth-order valence-electron chi connectivity index (χ4n) is 3.29. The maximum Gasteiger partial charge on any atom is 0.256 e. The molecule has 156 valence electrons. The number of pyridine rings is 1. The SMILES string of the molecule is Cc1ccc(Sc2ncccc2C(=O)N2CCN(CCS(C)(=O)=O)CC2)c(C)c1. The van der Waals surface area contributed by atoms with Gasteiger partial charge in [0, 0.05) is 50.1 Å². The smallest absolute Gasteiger partial charge is 0.256 e. The Hall–Kier alpha value is -1.90. The Balaban J connectivity index is 1.68. The van der Waals surface area contributed by atoms with Gasteiger partial charge in [-0.1, -0.05) is 29.5 Å². The molecule has 1 saturated heterocycles. The van der Waals surface area contributed by atoms with Crippen LogP contribution in [-0.2, 0) is 9.84 Å². The zero-order valence-electron chi connectivity index (χ0n) is 17.1. The highest BCUT2D eigenvalue weighted by atomic mass is 32.2. The average Bonchev–Trinajstić information content (AvgIpc) is 2.68. The fourth-order valence-corrected chi connectivity index (χ4v) is 4.83. The number of aryl methyl sites for hydroxylation is 2. The zero-order chi connectivity index (χ0) is 21.0. The van der Waals surface area contributed by atoms with Crippen molar-refractivity contribution in [3.63, 3.8) is 0 Å². The minimum absolute atomic E-state index is 0.0203. The van der Waals surface area contributed by atoms with E-state index in [1.54, 1.807) is 12.3 Å². The van der Waals surface area contributed by atoms with E-state index in [0.29, 0.717) is 43.3 Å². The van der Waals surface area contributed by atoms with Crippen molar-refractivity contribution in [1.29, 1.82) is 0 Å². The average molecular weight is 434 g/mol. The predicted octanol–water partition coefficient (Wildman–Crippen LogP) is 2.65. The van der Waals surface area contributed by atoms with E-state index in [9.17, 15) is 13.2 Å². The molecule has 8 heteroatoms. The Morgan fingerprint density at radius 3 is 2.52 bits per heavy atom. The highest BCUT2D eigenvalue weighted by Gasteiger charge is 2.25. The first-order chi connectivity index (χ1) is 13.7. The van der Waals surface area contributed by atoms with Crippen LogP contribution in [0.2, 0.25) is 0 Å². The first-order valence-corrected chi connectivity index (χ1v) is 12.5. The molecule has 0 spiro atoms. The molecule has 1 aromatic carbocycles. The number of nitrogens with zero attached hydrogens (tertiary/aromatic N) is 3. The Bertz CT molecular complexity index is 984. The van der Waals surface area contributed by atoms with Gasteiger partial charge in [0.15, 0.2) is 0 Å². The van der Waals surface area contributed by atoms with Gasteiger partial charge in [-0.05, 0) is 37.6 Å². The Labute approximate surface area is 177 Å². The number of sulfone groups is 1. The summed E-state index contributed by atoms with van der Waals surface area (Å²) in [4.78, 5) is 22.6. The van der Waals surface area contributed by atoms with Crippen molar-refractivity contribution in [2.75, 3.05) is 44.7 Å². The molecule has 29 heavy (non-hydrogen) atoms. The molecule has 0 bridgehead atoms. The number of carbonyl (C=O) groups excluding carboxylic acids is 1. The quantitative estimate of drug-likeness (QED) is 0.698. The van der Waals surface area contributed by atoms with Crippen molar-refractivity contribution < 1.29 is 13.2 Å². The number of hydrogen-bond donors (Lipinski definition) is 0. The molecule has 1 aliphatic heterocycles. The van der Waals surface area contributed by atoms with Gasteiger partial charge in [-0.3, -0.25) is 9.69 Å². The molecule has 1 aromatic heterocycles. The summed E-state index contributed by atoms with van der Waals surface area (Å²) in [7, 11) is -2.97. The highest BCUT2D eigenvalue weighted by Crippen LogP contribution is 2.32. The van der Waals surface area contributed by atoms with E-state index in [-0.39, 0.29) is 11.7 Å². The van der Waals surface area contributed by atoms with Crippen LogP contribution in [0, 0.1) is 13.8 Å². The predicted molar refractivity (Wildman–Crippen MR) is 116 cm³/mol. The summed E-state index contributed by atoms with van der Waals surface area (Å²) in [5.41, 5.74) is 2.98. The van der Waals surface area contributed by atoms with Crippen LogP contribution in [0.4, 0.5) is 0 Å². The standard InChI is InChI=1S/C21H27N3O3S2/c1-16-6-7-19(17(2)15-16)28-20-18(5-4-8-22-20)21(25)24-11-9-23(10-12-24)13-14-29(3,26)27/h4-8,15H,9-14H2,1-3H3. The van der Waals surface area contributed by atoms with Crippen LogP contribution in [0.25, 0.3) is 0 Å². The van der Waals surface area contributed by atoms with Crippen molar-refractivity contribution in [3.8, 4) is 0 Å². The van der Waals surface area contributed by atoms with E-state index < -0.39 is 9.84 Å². The third-order valence-electron chi connectivity index (χ3n) is 4.98. The summed E-state index contributed by atoms with van der Waals surface area (Å²) < 4.78 is 22.7. The van der Waals surface area contributed by atoms with Gasteiger partial charge in [0.1, 0.15) is 14.9 Å². The topological polar surface area (TPSA) is 70.6 Å². The van der Waals surface area contributed by atoms with Crippen molar-refractivity contribution in [2.45, 2.75) is 23.8 Å². The first kappa shape index (κ1) is 21.8. The second kappa shape index (κ2) is 9.28. The lowest BCUT2D eigenvalue weighted by molar-refractivity contribution is 0.0640. The molecule has 3 rings (SSSR count). The molecule has 0 N–H and O–H groups in total. The molecule has 1 aliphatic rings. The van der Waals surface area contributed by atoms with Crippen LogP contribution in [-0.4, -0.2) is 73.8 Å². The monoisotopic (exact) mass is 433 g/mol. The van der Waals surface area contributed by atoms with Crippen LogP contribution in [0.15, 0.2) is 46.5 Å². The lowest BCUT2D eigenvalue weighted by atomic mass is 10.2. The number of hydrogen-bond acceptors (Lipinski definition) is 6. The zero-order valence-corrected chi connectivity index (χ0v) is 18.7. The maximum absolute atomic E-state index is 13.1. The van der Waals surface area contributed by atoms with Crippen molar-refractivity contribution in [1.82, 2.24) is 14.8 Å². The normalized spacial score (nSPS) is 15.5. The number of benzene rings is 1. The second-order valence-corrected chi connectivity index (χ2v) is 10.8. The molecule has 6 nitrogen and oxygen atoms in total. The third-order valence-corrected chi connectivity index (χ3v) is 7.10. The van der Waals surface area contributed by atoms with Crippen molar-refractivity contribution >= 4 is 27.5 Å². The Kier molecular flexibility index (Phi) is 6.97. The first-order valence-electron chi connectivity index (χ1n) is 9.62. The molecular weight excluding hydrogens is 406 g/mol. The van der Waals surface area contributed by atoms with Crippen LogP contribution in [0.1, 0.15) is 21.5 Å². The third kappa shape index (κ3) is 6.04. The molecular formula is C21H27N3O3S2. The van der Waals surface area contributed by atoms with Crippen molar-refractivity contribution in [3.05, 3.63) is 53.2 Å². The van der Waals surface area contributed by atoms with E-state index in [1.165, 1.54) is 29.1 Å². The van der Waals surface area contributed by atoms with Gasteiger partial charge in [-0.15, -0.1) is 0 Å². The van der Waals surface area contributed by atoms with E-state index in [4.69, 9.17) is 0 Å². The largest absolute Gasteiger partial charge is 0.336 e. The van der Waals surface area contributed by atoms with Gasteiger partial charge in [0.05, 0.1) is 11.3 Å². The highest BCUT2D eigenvalue weighted by molar-refractivity contribution is 7.99. The summed E-state index contributed by atoms with van der Waals surface area (Å²) >= 11 is 1.52. The van der Waals surface area contributed by atoms with E-state index in [0.717, 1.165) is 4.90 Å². The lowest BCUT2D eigenvalue weighted by Crippen LogP contribution is -2.49. The molecule has 2 aromatic rings. The van der Waals surface area contributed by atoms with Gasteiger partial charge in [0.25, 0.3) is 5.91 Å². The van der Waals surface area contributed by atoms with E-state index in [2.05, 4.69) is 41.9 Å². The molecule has 1 amide bonds. The maximum atomic E-state index is 13.1. The minimum Gasteiger partial charge on any atom is -0.336 e. The van der Waals surface area contributed by atoms with Crippen LogP contribution in [0.3, 0.4) is 0 Å². The van der Waals surface area contributed by atoms with Gasteiger partial charge >= 0.3 is 0 Å². The Morgan fingerprint density at radius 2 is 1.86 bits per heavy atom. The molecule has 0 radical (unpaired) electrons. The molecule has 0 aliphatic carbocycles. The van der Waals surface area contributed by atoms with Crippen LogP contribution in [0.5, 0.6) is 0 Å².